The molecule has 3 aromatic rings. The van der Waals surface area contributed by atoms with E-state index in [1.165, 1.54) is 5.56 Å². The lowest BCUT2D eigenvalue weighted by Crippen LogP contribution is -2.54. The molecule has 1 aliphatic rings. The first-order valence-corrected chi connectivity index (χ1v) is 11.5. The van der Waals surface area contributed by atoms with E-state index in [-0.39, 0.29) is 23.9 Å². The Hall–Kier alpha value is -3.32. The average molecular weight is 448 g/mol. The van der Waals surface area contributed by atoms with E-state index in [1.54, 1.807) is 6.07 Å². The number of rotatable bonds is 7. The van der Waals surface area contributed by atoms with E-state index in [9.17, 15) is 9.59 Å². The van der Waals surface area contributed by atoms with Gasteiger partial charge in [-0.25, -0.2) is 0 Å². The zero-order valence-corrected chi connectivity index (χ0v) is 19.6. The van der Waals surface area contributed by atoms with E-state index in [4.69, 9.17) is 5.73 Å². The number of piperidine rings is 1. The fourth-order valence-electron chi connectivity index (χ4n) is 4.61. The van der Waals surface area contributed by atoms with Crippen molar-refractivity contribution in [3.05, 3.63) is 71.9 Å². The first kappa shape index (κ1) is 22.9. The third-order valence-corrected chi connectivity index (χ3v) is 6.80. The number of nitrogens with zero attached hydrogens (tertiary/aromatic N) is 3. The number of carbonyl (C=O) groups is 2. The zero-order valence-electron chi connectivity index (χ0n) is 19.6. The largest absolute Gasteiger partial charge is 0.366 e. The third kappa shape index (κ3) is 5.03. The number of amides is 2. The summed E-state index contributed by atoms with van der Waals surface area (Å²) in [5.41, 5.74) is 8.20. The van der Waals surface area contributed by atoms with Gasteiger partial charge in [-0.1, -0.05) is 30.3 Å². The summed E-state index contributed by atoms with van der Waals surface area (Å²) in [6.07, 6.45) is 3.77. The van der Waals surface area contributed by atoms with Crippen molar-refractivity contribution in [3.8, 4) is 0 Å². The van der Waals surface area contributed by atoms with E-state index >= 15 is 0 Å². The van der Waals surface area contributed by atoms with Crippen molar-refractivity contribution in [3.63, 3.8) is 0 Å². The van der Waals surface area contributed by atoms with Gasteiger partial charge in [0, 0.05) is 30.2 Å². The summed E-state index contributed by atoms with van der Waals surface area (Å²) in [4.78, 5) is 26.9. The van der Waals surface area contributed by atoms with Gasteiger partial charge >= 0.3 is 0 Å². The van der Waals surface area contributed by atoms with Crippen molar-refractivity contribution in [2.75, 3.05) is 32.2 Å². The van der Waals surface area contributed by atoms with Crippen LogP contribution in [0, 0.1) is 11.8 Å². The van der Waals surface area contributed by atoms with Gasteiger partial charge in [0.2, 0.25) is 11.8 Å². The normalized spacial score (nSPS) is 19.6. The Balaban J connectivity index is 1.59. The molecule has 0 aliphatic carbocycles. The van der Waals surface area contributed by atoms with E-state index in [1.807, 2.05) is 56.4 Å². The molecule has 1 saturated heterocycles. The number of carbonyl (C=O) groups excluding carboxylic acids is 2. The zero-order chi connectivity index (χ0) is 23.5. The van der Waals surface area contributed by atoms with E-state index in [0.29, 0.717) is 12.1 Å². The molecule has 0 saturated carbocycles. The Morgan fingerprint density at radius 1 is 1.15 bits per heavy atom. The molecular formula is C26H33N5O2. The second-order valence-electron chi connectivity index (χ2n) is 9.20. The number of primary amides is 1. The summed E-state index contributed by atoms with van der Waals surface area (Å²) in [7, 11) is 3.93. The molecular weight excluding hydrogens is 414 g/mol. The molecule has 0 radical (unpaired) electrons. The molecule has 0 spiro atoms. The summed E-state index contributed by atoms with van der Waals surface area (Å²) in [6, 6.07) is 17.9. The van der Waals surface area contributed by atoms with Gasteiger partial charge in [0.25, 0.3) is 0 Å². The second-order valence-corrected chi connectivity index (χ2v) is 9.20. The SMILES string of the molecule is CC(NC(=O)C1CN(n2ccc3cc(C(N)=O)ccc32)CCC1Cc1ccccc1)N(C)C. The number of hydrogen-bond donors (Lipinski definition) is 2. The van der Waals surface area contributed by atoms with Gasteiger partial charge in [0.05, 0.1) is 17.6 Å². The van der Waals surface area contributed by atoms with Gasteiger partial charge in [-0.2, -0.15) is 0 Å². The molecule has 3 N–H and O–H groups in total. The molecule has 1 aromatic heterocycles. The molecule has 7 nitrogen and oxygen atoms in total. The van der Waals surface area contributed by atoms with Crippen LogP contribution in [-0.2, 0) is 11.2 Å². The van der Waals surface area contributed by atoms with Crippen LogP contribution >= 0.6 is 0 Å². The van der Waals surface area contributed by atoms with Gasteiger partial charge in [0.1, 0.15) is 0 Å². The smallest absolute Gasteiger partial charge is 0.248 e. The minimum Gasteiger partial charge on any atom is -0.366 e. The highest BCUT2D eigenvalue weighted by molar-refractivity contribution is 5.97. The van der Waals surface area contributed by atoms with Crippen LogP contribution in [0.3, 0.4) is 0 Å². The van der Waals surface area contributed by atoms with Crippen molar-refractivity contribution in [2.45, 2.75) is 25.9 Å². The topological polar surface area (TPSA) is 83.6 Å². The average Bonchev–Trinajstić information content (AvgIpc) is 3.23. The van der Waals surface area contributed by atoms with Crippen LogP contribution in [0.1, 0.15) is 29.3 Å². The Bertz CT molecular complexity index is 1120. The molecule has 2 aromatic carbocycles. The van der Waals surface area contributed by atoms with Crippen molar-refractivity contribution in [2.24, 2.45) is 17.6 Å². The Kier molecular flexibility index (Phi) is 6.70. The van der Waals surface area contributed by atoms with Crippen LogP contribution in [0.4, 0.5) is 0 Å². The highest BCUT2D eigenvalue weighted by Crippen LogP contribution is 2.29. The molecule has 33 heavy (non-hydrogen) atoms. The number of aromatic nitrogens is 1. The molecule has 174 valence electrons. The highest BCUT2D eigenvalue weighted by atomic mass is 16.2. The summed E-state index contributed by atoms with van der Waals surface area (Å²) in [5.74, 6) is -0.211. The molecule has 2 amide bonds. The van der Waals surface area contributed by atoms with Crippen LogP contribution in [-0.4, -0.2) is 54.7 Å². The van der Waals surface area contributed by atoms with Gasteiger partial charge in [-0.05, 0) is 69.6 Å². The summed E-state index contributed by atoms with van der Waals surface area (Å²) >= 11 is 0. The number of fused-ring (bicyclic) bond motifs is 1. The first-order chi connectivity index (χ1) is 15.8. The number of benzene rings is 2. The van der Waals surface area contributed by atoms with Gasteiger partial charge < -0.3 is 16.1 Å². The molecule has 2 heterocycles. The van der Waals surface area contributed by atoms with Crippen molar-refractivity contribution in [1.29, 1.82) is 0 Å². The number of nitrogens with one attached hydrogen (secondary N) is 1. The standard InChI is InChI=1S/C26H33N5O2/c1-18(29(2)3)28-26(33)23-17-30(13-11-20(23)15-19-7-5-4-6-8-19)31-14-12-21-16-22(25(27)32)9-10-24(21)31/h4-10,12,14,16,18,20,23H,11,13,15,17H2,1-3H3,(H2,27,32)(H,28,33). The maximum Gasteiger partial charge on any atom is 0.248 e. The van der Waals surface area contributed by atoms with Crippen molar-refractivity contribution < 1.29 is 9.59 Å². The van der Waals surface area contributed by atoms with Crippen LogP contribution in [0.5, 0.6) is 0 Å². The first-order valence-electron chi connectivity index (χ1n) is 11.5. The Labute approximate surface area is 195 Å². The fraction of sp³-hybridized carbons (Fsp3) is 0.385. The minimum absolute atomic E-state index is 0.0371. The molecule has 1 aliphatic heterocycles. The van der Waals surface area contributed by atoms with Gasteiger partial charge in [0.15, 0.2) is 0 Å². The van der Waals surface area contributed by atoms with Crippen LogP contribution in [0.25, 0.3) is 10.9 Å². The van der Waals surface area contributed by atoms with E-state index in [0.717, 1.165) is 30.3 Å². The predicted molar refractivity (Wildman–Crippen MR) is 131 cm³/mol. The van der Waals surface area contributed by atoms with Gasteiger partial charge in [-0.3, -0.25) is 19.2 Å². The molecule has 3 unspecified atom stereocenters. The Morgan fingerprint density at radius 2 is 1.91 bits per heavy atom. The molecule has 0 bridgehead atoms. The summed E-state index contributed by atoms with van der Waals surface area (Å²) < 4.78 is 2.11. The number of nitrogens with two attached hydrogens (primary N) is 1. The van der Waals surface area contributed by atoms with Crippen LogP contribution < -0.4 is 16.1 Å². The molecule has 4 rings (SSSR count). The lowest BCUT2D eigenvalue weighted by Gasteiger charge is -2.40. The minimum atomic E-state index is -0.432. The summed E-state index contributed by atoms with van der Waals surface area (Å²) in [5, 5.41) is 6.38. The molecule has 7 heteroatoms. The van der Waals surface area contributed by atoms with E-state index < -0.39 is 5.91 Å². The predicted octanol–water partition coefficient (Wildman–Crippen LogP) is 2.58. The monoisotopic (exact) mass is 447 g/mol. The van der Waals surface area contributed by atoms with Crippen molar-refractivity contribution >= 4 is 22.7 Å². The van der Waals surface area contributed by atoms with Crippen LogP contribution in [0.2, 0.25) is 0 Å². The maximum absolute atomic E-state index is 13.4. The summed E-state index contributed by atoms with van der Waals surface area (Å²) in [6.45, 7) is 3.48. The third-order valence-electron chi connectivity index (χ3n) is 6.80. The van der Waals surface area contributed by atoms with Gasteiger partial charge in [-0.15, -0.1) is 0 Å². The second kappa shape index (κ2) is 9.67. The Morgan fingerprint density at radius 3 is 2.61 bits per heavy atom. The van der Waals surface area contributed by atoms with E-state index in [2.05, 4.69) is 39.3 Å². The maximum atomic E-state index is 13.4. The van der Waals surface area contributed by atoms with Crippen molar-refractivity contribution in [1.82, 2.24) is 14.9 Å². The fourth-order valence-corrected chi connectivity index (χ4v) is 4.61. The lowest BCUT2D eigenvalue weighted by molar-refractivity contribution is -0.128. The molecule has 3 atom stereocenters. The number of hydrogen-bond acceptors (Lipinski definition) is 4. The highest BCUT2D eigenvalue weighted by Gasteiger charge is 2.35. The lowest BCUT2D eigenvalue weighted by atomic mass is 9.81. The van der Waals surface area contributed by atoms with Crippen LogP contribution in [0.15, 0.2) is 60.8 Å². The molecule has 1 fully saturated rings. The quantitative estimate of drug-likeness (QED) is 0.546.